The first kappa shape index (κ1) is 25.3. The Bertz CT molecular complexity index is 640. The van der Waals surface area contributed by atoms with E-state index < -0.39 is 0 Å². The standard InChI is InChI=1S/C22H37N5O2.HI/c1-23-22(25-17-21-8-5-9-27(21)12-13-28-2)24-16-19-6-3-4-7-20(19)18-26-10-14-29-15-11-26;/h3-4,6-7,21H,5,8-18H2,1-2H3,(H2,23,24,25);1H. The van der Waals surface area contributed by atoms with E-state index >= 15 is 0 Å². The summed E-state index contributed by atoms with van der Waals surface area (Å²) in [7, 11) is 3.61. The molecule has 1 unspecified atom stereocenters. The minimum absolute atomic E-state index is 0. The molecule has 0 aliphatic carbocycles. The highest BCUT2D eigenvalue weighted by Gasteiger charge is 2.24. The van der Waals surface area contributed by atoms with Crippen molar-refractivity contribution in [3.8, 4) is 0 Å². The fraction of sp³-hybridized carbons (Fsp3) is 0.682. The molecule has 1 atom stereocenters. The van der Waals surface area contributed by atoms with Crippen molar-refractivity contribution in [2.45, 2.75) is 32.0 Å². The number of methoxy groups -OCH3 is 1. The molecule has 0 radical (unpaired) electrons. The third-order valence-corrected chi connectivity index (χ3v) is 5.87. The topological polar surface area (TPSA) is 61.4 Å². The number of likely N-dealkylation sites (tertiary alicyclic amines) is 1. The molecule has 2 heterocycles. The molecule has 7 nitrogen and oxygen atoms in total. The molecular weight excluding hydrogens is 493 g/mol. The fourth-order valence-corrected chi connectivity index (χ4v) is 4.13. The zero-order valence-corrected chi connectivity index (χ0v) is 20.8. The van der Waals surface area contributed by atoms with Gasteiger partial charge in [0, 0.05) is 59.5 Å². The van der Waals surface area contributed by atoms with Gasteiger partial charge < -0.3 is 20.1 Å². The molecule has 2 aliphatic rings. The van der Waals surface area contributed by atoms with Gasteiger partial charge in [-0.3, -0.25) is 14.8 Å². The maximum absolute atomic E-state index is 5.47. The summed E-state index contributed by atoms with van der Waals surface area (Å²) in [5.41, 5.74) is 2.70. The number of hydrogen-bond acceptors (Lipinski definition) is 5. The summed E-state index contributed by atoms with van der Waals surface area (Å²) in [4.78, 5) is 9.40. The third-order valence-electron chi connectivity index (χ3n) is 5.87. The largest absolute Gasteiger partial charge is 0.383 e. The van der Waals surface area contributed by atoms with E-state index in [-0.39, 0.29) is 24.0 Å². The molecule has 8 heteroatoms. The van der Waals surface area contributed by atoms with E-state index in [0.717, 1.165) is 71.6 Å². The van der Waals surface area contributed by atoms with Crippen LogP contribution in [0.15, 0.2) is 29.3 Å². The van der Waals surface area contributed by atoms with E-state index in [0.29, 0.717) is 6.04 Å². The Balaban J connectivity index is 0.00000320. The number of halogens is 1. The van der Waals surface area contributed by atoms with Gasteiger partial charge in [-0.1, -0.05) is 24.3 Å². The van der Waals surface area contributed by atoms with Crippen LogP contribution in [-0.2, 0) is 22.6 Å². The van der Waals surface area contributed by atoms with Crippen molar-refractivity contribution >= 4 is 29.9 Å². The minimum atomic E-state index is 0. The number of morpholine rings is 1. The predicted octanol–water partition coefficient (Wildman–Crippen LogP) is 1.91. The first-order valence-electron chi connectivity index (χ1n) is 10.8. The summed E-state index contributed by atoms with van der Waals surface area (Å²) >= 11 is 0. The van der Waals surface area contributed by atoms with Crippen LogP contribution >= 0.6 is 24.0 Å². The second-order valence-electron chi connectivity index (χ2n) is 7.79. The number of aliphatic imine (C=N–C) groups is 1. The normalized spacial score (nSPS) is 20.7. The molecule has 3 rings (SSSR count). The average Bonchev–Trinajstić information content (AvgIpc) is 3.21. The maximum atomic E-state index is 5.47. The minimum Gasteiger partial charge on any atom is -0.383 e. The molecule has 0 spiro atoms. The molecule has 0 amide bonds. The summed E-state index contributed by atoms with van der Waals surface area (Å²) in [5.74, 6) is 0.866. The lowest BCUT2D eigenvalue weighted by Crippen LogP contribution is -2.45. The number of rotatable bonds is 9. The lowest BCUT2D eigenvalue weighted by molar-refractivity contribution is 0.0341. The van der Waals surface area contributed by atoms with E-state index in [1.165, 1.54) is 24.0 Å². The Hall–Kier alpha value is -0.940. The van der Waals surface area contributed by atoms with Crippen LogP contribution in [0.25, 0.3) is 0 Å². The number of nitrogens with one attached hydrogen (secondary N) is 2. The highest BCUT2D eigenvalue weighted by molar-refractivity contribution is 14.0. The molecule has 0 bridgehead atoms. The van der Waals surface area contributed by atoms with Crippen molar-refractivity contribution in [2.24, 2.45) is 4.99 Å². The van der Waals surface area contributed by atoms with E-state index in [4.69, 9.17) is 9.47 Å². The first-order chi connectivity index (χ1) is 14.3. The van der Waals surface area contributed by atoms with Crippen LogP contribution in [-0.4, -0.2) is 88.5 Å². The Morgan fingerprint density at radius 1 is 1.17 bits per heavy atom. The first-order valence-corrected chi connectivity index (χ1v) is 10.8. The van der Waals surface area contributed by atoms with E-state index in [9.17, 15) is 0 Å². The lowest BCUT2D eigenvalue weighted by atomic mass is 10.1. The van der Waals surface area contributed by atoms with Crippen molar-refractivity contribution in [1.29, 1.82) is 0 Å². The van der Waals surface area contributed by atoms with Gasteiger partial charge in [-0.15, -0.1) is 24.0 Å². The van der Waals surface area contributed by atoms with Crippen molar-refractivity contribution in [1.82, 2.24) is 20.4 Å². The number of ether oxygens (including phenoxy) is 2. The highest BCUT2D eigenvalue weighted by Crippen LogP contribution is 2.16. The number of guanidine groups is 1. The molecule has 170 valence electrons. The second-order valence-corrected chi connectivity index (χ2v) is 7.79. The Morgan fingerprint density at radius 2 is 1.93 bits per heavy atom. The molecule has 0 aromatic heterocycles. The number of hydrogen-bond donors (Lipinski definition) is 2. The van der Waals surface area contributed by atoms with Crippen LogP contribution in [0.5, 0.6) is 0 Å². The van der Waals surface area contributed by atoms with Crippen molar-refractivity contribution in [3.05, 3.63) is 35.4 Å². The number of nitrogens with zero attached hydrogens (tertiary/aromatic N) is 3. The molecule has 2 N–H and O–H groups in total. The quantitative estimate of drug-likeness (QED) is 0.289. The predicted molar refractivity (Wildman–Crippen MR) is 133 cm³/mol. The van der Waals surface area contributed by atoms with Crippen LogP contribution in [0, 0.1) is 0 Å². The molecule has 2 saturated heterocycles. The maximum Gasteiger partial charge on any atom is 0.191 e. The summed E-state index contributed by atoms with van der Waals surface area (Å²) in [6, 6.07) is 9.23. The van der Waals surface area contributed by atoms with Crippen LogP contribution < -0.4 is 10.6 Å². The van der Waals surface area contributed by atoms with Crippen LogP contribution in [0.2, 0.25) is 0 Å². The highest BCUT2D eigenvalue weighted by atomic mass is 127. The monoisotopic (exact) mass is 531 g/mol. The second kappa shape index (κ2) is 14.2. The average molecular weight is 531 g/mol. The van der Waals surface area contributed by atoms with Gasteiger partial charge in [0.25, 0.3) is 0 Å². The van der Waals surface area contributed by atoms with Gasteiger partial charge >= 0.3 is 0 Å². The van der Waals surface area contributed by atoms with Gasteiger partial charge in [0.05, 0.1) is 19.8 Å². The zero-order chi connectivity index (χ0) is 20.3. The van der Waals surface area contributed by atoms with Gasteiger partial charge in [-0.05, 0) is 30.5 Å². The summed E-state index contributed by atoms with van der Waals surface area (Å²) in [6.07, 6.45) is 2.49. The zero-order valence-electron chi connectivity index (χ0n) is 18.4. The summed E-state index contributed by atoms with van der Waals surface area (Å²) in [6.45, 7) is 9.31. The Morgan fingerprint density at radius 3 is 2.67 bits per heavy atom. The van der Waals surface area contributed by atoms with Gasteiger partial charge in [0.15, 0.2) is 5.96 Å². The summed E-state index contributed by atoms with van der Waals surface area (Å²) < 4.78 is 10.7. The van der Waals surface area contributed by atoms with Crippen molar-refractivity contribution < 1.29 is 9.47 Å². The van der Waals surface area contributed by atoms with Crippen LogP contribution in [0.3, 0.4) is 0 Å². The SMILES string of the molecule is CN=C(NCc1ccccc1CN1CCOCC1)NCC1CCCN1CCOC.I. The lowest BCUT2D eigenvalue weighted by Gasteiger charge is -2.27. The van der Waals surface area contributed by atoms with Gasteiger partial charge in [0.2, 0.25) is 0 Å². The van der Waals surface area contributed by atoms with E-state index in [1.54, 1.807) is 7.11 Å². The molecule has 1 aromatic carbocycles. The Kier molecular flexibility index (Phi) is 12.0. The molecule has 1 aromatic rings. The van der Waals surface area contributed by atoms with Gasteiger partial charge in [-0.2, -0.15) is 0 Å². The molecule has 2 aliphatic heterocycles. The van der Waals surface area contributed by atoms with Crippen LogP contribution in [0.4, 0.5) is 0 Å². The van der Waals surface area contributed by atoms with Crippen LogP contribution in [0.1, 0.15) is 24.0 Å². The molecular formula is C22H38IN5O2. The van der Waals surface area contributed by atoms with Gasteiger partial charge in [0.1, 0.15) is 0 Å². The number of benzene rings is 1. The summed E-state index contributed by atoms with van der Waals surface area (Å²) in [5, 5.41) is 7.02. The van der Waals surface area contributed by atoms with E-state index in [2.05, 4.69) is 49.7 Å². The van der Waals surface area contributed by atoms with Crippen molar-refractivity contribution in [3.63, 3.8) is 0 Å². The van der Waals surface area contributed by atoms with E-state index in [1.807, 2.05) is 7.05 Å². The molecule has 30 heavy (non-hydrogen) atoms. The third kappa shape index (κ3) is 7.96. The Labute approximate surface area is 198 Å². The smallest absolute Gasteiger partial charge is 0.191 e. The van der Waals surface area contributed by atoms with Crippen molar-refractivity contribution in [2.75, 3.05) is 66.7 Å². The van der Waals surface area contributed by atoms with Gasteiger partial charge in [-0.25, -0.2) is 0 Å². The molecule has 0 saturated carbocycles. The molecule has 2 fully saturated rings. The fourth-order valence-electron chi connectivity index (χ4n) is 4.13.